The lowest BCUT2D eigenvalue weighted by Crippen LogP contribution is -2.10. The first-order valence-corrected chi connectivity index (χ1v) is 7.68. The normalized spacial score (nSPS) is 12.8. The summed E-state index contributed by atoms with van der Waals surface area (Å²) >= 11 is 0. The molecule has 0 radical (unpaired) electrons. The Morgan fingerprint density at radius 1 is 0.739 bits per heavy atom. The van der Waals surface area contributed by atoms with Gasteiger partial charge in [-0.05, 0) is 34.4 Å². The van der Waals surface area contributed by atoms with Crippen molar-refractivity contribution in [1.29, 1.82) is 0 Å². The minimum absolute atomic E-state index is 0.237. The van der Waals surface area contributed by atoms with Gasteiger partial charge in [-0.1, -0.05) is 78.9 Å². The third-order valence-corrected chi connectivity index (χ3v) is 3.84. The fourth-order valence-corrected chi connectivity index (χ4v) is 2.57. The number of benzene rings is 3. The molecule has 3 rings (SSSR count). The molecule has 4 N–H and O–H groups in total. The van der Waals surface area contributed by atoms with E-state index in [1.807, 2.05) is 66.7 Å². The summed E-state index contributed by atoms with van der Waals surface area (Å²) in [6.07, 6.45) is 1.90. The van der Waals surface area contributed by atoms with Crippen molar-refractivity contribution >= 4 is 5.70 Å². The van der Waals surface area contributed by atoms with Gasteiger partial charge in [0.2, 0.25) is 0 Å². The molecule has 0 aliphatic rings. The molecule has 0 aromatic heterocycles. The van der Waals surface area contributed by atoms with Crippen LogP contribution in [-0.4, -0.2) is 0 Å². The Morgan fingerprint density at radius 3 is 2.04 bits per heavy atom. The molecule has 2 nitrogen and oxygen atoms in total. The average Bonchev–Trinajstić information content (AvgIpc) is 2.63. The van der Waals surface area contributed by atoms with Crippen molar-refractivity contribution < 1.29 is 0 Å². The molecule has 0 fully saturated rings. The van der Waals surface area contributed by atoms with Crippen LogP contribution in [0.4, 0.5) is 0 Å². The molecule has 0 saturated heterocycles. The van der Waals surface area contributed by atoms with E-state index >= 15 is 0 Å². The van der Waals surface area contributed by atoms with Crippen molar-refractivity contribution in [3.63, 3.8) is 0 Å². The van der Waals surface area contributed by atoms with Gasteiger partial charge in [-0.25, -0.2) is 0 Å². The molecule has 2 heteroatoms. The molecule has 0 aliphatic carbocycles. The summed E-state index contributed by atoms with van der Waals surface area (Å²) in [7, 11) is 0. The summed E-state index contributed by atoms with van der Waals surface area (Å²) in [6.45, 7) is 0. The highest BCUT2D eigenvalue weighted by molar-refractivity contribution is 5.66. The molecule has 23 heavy (non-hydrogen) atoms. The van der Waals surface area contributed by atoms with E-state index in [1.165, 1.54) is 5.56 Å². The van der Waals surface area contributed by atoms with Crippen LogP contribution in [0.3, 0.4) is 0 Å². The summed E-state index contributed by atoms with van der Waals surface area (Å²) in [6, 6.07) is 28.2. The second kappa shape index (κ2) is 6.95. The fraction of sp³-hybridized carbons (Fsp3) is 0.0476. The first-order chi connectivity index (χ1) is 11.2. The monoisotopic (exact) mass is 300 g/mol. The number of nitrogens with two attached hydrogens (primary N) is 2. The van der Waals surface area contributed by atoms with Crippen molar-refractivity contribution in [2.24, 2.45) is 11.5 Å². The third kappa shape index (κ3) is 3.68. The highest BCUT2D eigenvalue weighted by Gasteiger charge is 2.06. The van der Waals surface area contributed by atoms with Gasteiger partial charge in [0.1, 0.15) is 0 Å². The van der Waals surface area contributed by atoms with E-state index < -0.39 is 0 Å². The van der Waals surface area contributed by atoms with Crippen molar-refractivity contribution in [2.45, 2.75) is 6.04 Å². The quantitative estimate of drug-likeness (QED) is 0.752. The summed E-state index contributed by atoms with van der Waals surface area (Å²) < 4.78 is 0. The minimum Gasteiger partial charge on any atom is -0.398 e. The van der Waals surface area contributed by atoms with Gasteiger partial charge in [-0.15, -0.1) is 0 Å². The molecule has 0 heterocycles. The van der Waals surface area contributed by atoms with Gasteiger partial charge in [0.05, 0.1) is 6.04 Å². The lowest BCUT2D eigenvalue weighted by atomic mass is 9.98. The third-order valence-electron chi connectivity index (χ3n) is 3.84. The Labute approximate surface area is 137 Å². The lowest BCUT2D eigenvalue weighted by Gasteiger charge is -2.11. The minimum atomic E-state index is -0.237. The van der Waals surface area contributed by atoms with Gasteiger partial charge in [0, 0.05) is 5.70 Å². The van der Waals surface area contributed by atoms with E-state index in [4.69, 9.17) is 11.5 Å². The fourth-order valence-electron chi connectivity index (χ4n) is 2.57. The van der Waals surface area contributed by atoms with Gasteiger partial charge in [0.25, 0.3) is 0 Å². The van der Waals surface area contributed by atoms with Gasteiger partial charge in [0.15, 0.2) is 0 Å². The van der Waals surface area contributed by atoms with E-state index in [-0.39, 0.29) is 6.04 Å². The molecule has 0 bridgehead atoms. The van der Waals surface area contributed by atoms with Gasteiger partial charge >= 0.3 is 0 Å². The van der Waals surface area contributed by atoms with E-state index in [1.54, 1.807) is 0 Å². The van der Waals surface area contributed by atoms with E-state index in [0.29, 0.717) is 5.70 Å². The summed E-state index contributed by atoms with van der Waals surface area (Å²) in [5, 5.41) is 0. The molecule has 3 aromatic carbocycles. The van der Waals surface area contributed by atoms with Gasteiger partial charge in [-0.2, -0.15) is 0 Å². The topological polar surface area (TPSA) is 52.0 Å². The molecule has 1 unspecified atom stereocenters. The summed E-state index contributed by atoms with van der Waals surface area (Å²) in [5.41, 5.74) is 17.6. The van der Waals surface area contributed by atoms with Crippen LogP contribution in [0.2, 0.25) is 0 Å². The summed E-state index contributed by atoms with van der Waals surface area (Å²) in [4.78, 5) is 0. The predicted octanol–water partition coefficient (Wildman–Crippen LogP) is 4.35. The van der Waals surface area contributed by atoms with Crippen molar-refractivity contribution in [2.75, 3.05) is 0 Å². The highest BCUT2D eigenvalue weighted by atomic mass is 14.6. The molecule has 0 aliphatic heterocycles. The molecule has 1 atom stereocenters. The molecule has 0 saturated carbocycles. The van der Waals surface area contributed by atoms with Crippen LogP contribution in [0.15, 0.2) is 91.0 Å². The maximum absolute atomic E-state index is 6.32. The Kier molecular flexibility index (Phi) is 4.55. The van der Waals surface area contributed by atoms with E-state index in [0.717, 1.165) is 16.7 Å². The van der Waals surface area contributed by atoms with Crippen LogP contribution in [0.1, 0.15) is 17.2 Å². The first kappa shape index (κ1) is 15.1. The number of rotatable bonds is 4. The average molecular weight is 300 g/mol. The molecular weight excluding hydrogens is 280 g/mol. The van der Waals surface area contributed by atoms with Crippen LogP contribution in [-0.2, 0) is 0 Å². The Bertz CT molecular complexity index is 792. The summed E-state index contributed by atoms with van der Waals surface area (Å²) in [5.74, 6) is 0. The highest BCUT2D eigenvalue weighted by Crippen LogP contribution is 2.24. The van der Waals surface area contributed by atoms with E-state index in [9.17, 15) is 0 Å². The molecule has 114 valence electrons. The zero-order chi connectivity index (χ0) is 16.1. The smallest absolute Gasteiger partial charge is 0.0504 e. The van der Waals surface area contributed by atoms with Crippen molar-refractivity contribution in [3.8, 4) is 11.1 Å². The Morgan fingerprint density at radius 2 is 1.35 bits per heavy atom. The second-order valence-corrected chi connectivity index (χ2v) is 5.51. The van der Waals surface area contributed by atoms with Crippen LogP contribution in [0.5, 0.6) is 0 Å². The Balaban J connectivity index is 1.87. The van der Waals surface area contributed by atoms with Crippen molar-refractivity contribution in [3.05, 3.63) is 102 Å². The maximum atomic E-state index is 6.32. The van der Waals surface area contributed by atoms with Gasteiger partial charge in [-0.3, -0.25) is 0 Å². The van der Waals surface area contributed by atoms with Crippen LogP contribution >= 0.6 is 0 Å². The molecular formula is C21H20N2. The van der Waals surface area contributed by atoms with Crippen molar-refractivity contribution in [1.82, 2.24) is 0 Å². The molecule has 0 amide bonds. The zero-order valence-corrected chi connectivity index (χ0v) is 12.9. The lowest BCUT2D eigenvalue weighted by molar-refractivity contribution is 0.912. The second-order valence-electron chi connectivity index (χ2n) is 5.51. The van der Waals surface area contributed by atoms with Crippen LogP contribution < -0.4 is 11.5 Å². The maximum Gasteiger partial charge on any atom is 0.0504 e. The predicted molar refractivity (Wildman–Crippen MR) is 97.4 cm³/mol. The molecule has 0 spiro atoms. The van der Waals surface area contributed by atoms with Gasteiger partial charge < -0.3 is 11.5 Å². The Hall–Kier alpha value is -2.84. The number of hydrogen-bond acceptors (Lipinski definition) is 2. The SMILES string of the molecule is N/C(=C\C(N)c1cccc(-c2ccccc2)c1)c1ccccc1. The number of hydrogen-bond donors (Lipinski definition) is 2. The molecule has 3 aromatic rings. The standard InChI is InChI=1S/C21H20N2/c22-20(17-10-5-2-6-11-17)15-21(23)19-13-7-12-18(14-19)16-8-3-1-4-9-16/h1-15,21H,22-23H2/b20-15-. The van der Waals surface area contributed by atoms with E-state index in [2.05, 4.69) is 24.3 Å². The zero-order valence-electron chi connectivity index (χ0n) is 12.9. The first-order valence-electron chi connectivity index (χ1n) is 7.68. The largest absolute Gasteiger partial charge is 0.398 e. The van der Waals surface area contributed by atoms with Crippen LogP contribution in [0, 0.1) is 0 Å². The van der Waals surface area contributed by atoms with Crippen LogP contribution in [0.25, 0.3) is 16.8 Å².